The first-order chi connectivity index (χ1) is 13.4. The van der Waals surface area contributed by atoms with Crippen molar-refractivity contribution in [3.63, 3.8) is 0 Å². The minimum absolute atomic E-state index is 0.0528. The minimum atomic E-state index is -0.613. The summed E-state index contributed by atoms with van der Waals surface area (Å²) in [6.07, 6.45) is 0.102. The number of hydrogen-bond donors (Lipinski definition) is 1. The fourth-order valence-corrected chi connectivity index (χ4v) is 3.31. The van der Waals surface area contributed by atoms with Crippen molar-refractivity contribution < 1.29 is 23.6 Å². The summed E-state index contributed by atoms with van der Waals surface area (Å²) in [5, 5.41) is 6.31. The van der Waals surface area contributed by atoms with E-state index in [-0.39, 0.29) is 36.4 Å². The number of ether oxygens (including phenoxy) is 1. The van der Waals surface area contributed by atoms with Crippen molar-refractivity contribution in [2.24, 2.45) is 5.92 Å². The Balaban J connectivity index is 1.70. The highest BCUT2D eigenvalue weighted by molar-refractivity contribution is 6.02. The van der Waals surface area contributed by atoms with Crippen LogP contribution in [0.3, 0.4) is 0 Å². The van der Waals surface area contributed by atoms with Crippen LogP contribution in [0.1, 0.15) is 47.9 Å². The average Bonchev–Trinajstić information content (AvgIpc) is 3.25. The molecule has 1 aromatic carbocycles. The Bertz CT molecular complexity index is 877. The number of aryl methyl sites for hydroxylation is 1. The summed E-state index contributed by atoms with van der Waals surface area (Å²) in [5.41, 5.74) is 1.43. The second-order valence-electron chi connectivity index (χ2n) is 6.72. The third-order valence-corrected chi connectivity index (χ3v) is 4.86. The molecule has 1 N–H and O–H groups in total. The van der Waals surface area contributed by atoms with Crippen molar-refractivity contribution in [1.29, 1.82) is 0 Å². The molecule has 8 nitrogen and oxygen atoms in total. The molecule has 1 aliphatic rings. The molecule has 1 fully saturated rings. The van der Waals surface area contributed by atoms with Crippen molar-refractivity contribution in [1.82, 2.24) is 10.1 Å². The lowest BCUT2D eigenvalue weighted by molar-refractivity contribution is -0.129. The van der Waals surface area contributed by atoms with Gasteiger partial charge in [-0.15, -0.1) is 0 Å². The third-order valence-electron chi connectivity index (χ3n) is 4.86. The van der Waals surface area contributed by atoms with E-state index in [9.17, 15) is 14.4 Å². The summed E-state index contributed by atoms with van der Waals surface area (Å²) in [7, 11) is 0. The molecule has 2 aromatic rings. The fraction of sp³-hybridized carbons (Fsp3) is 0.400. The van der Waals surface area contributed by atoms with Crippen molar-refractivity contribution >= 4 is 23.7 Å². The van der Waals surface area contributed by atoms with Crippen LogP contribution in [0.15, 0.2) is 34.9 Å². The van der Waals surface area contributed by atoms with Gasteiger partial charge >= 0.3 is 5.97 Å². The Labute approximate surface area is 162 Å². The van der Waals surface area contributed by atoms with Gasteiger partial charge in [0.05, 0.1) is 24.3 Å². The molecule has 0 aliphatic carbocycles. The van der Waals surface area contributed by atoms with Crippen LogP contribution in [0, 0.1) is 12.8 Å². The number of nitrogens with one attached hydrogen (secondary N) is 1. The standard InChI is InChI=1S/C20H23N3O5/c1-4-27-20(26)17-12(2)22-28-19(17)21-18(25)15-10-16(24)23(11-15)13(3)14-8-6-5-7-9-14/h5-9,13,15H,4,10-11H2,1-3H3,(H,21,25). The van der Waals surface area contributed by atoms with Crippen LogP contribution in [0.2, 0.25) is 0 Å². The van der Waals surface area contributed by atoms with Gasteiger partial charge in [0.1, 0.15) is 5.56 Å². The summed E-state index contributed by atoms with van der Waals surface area (Å²) in [4.78, 5) is 38.9. The van der Waals surface area contributed by atoms with Crippen LogP contribution in [0.25, 0.3) is 0 Å². The number of esters is 1. The number of nitrogens with zero attached hydrogens (tertiary/aromatic N) is 2. The van der Waals surface area contributed by atoms with Crippen LogP contribution in [-0.4, -0.2) is 41.0 Å². The molecule has 1 aromatic heterocycles. The number of benzene rings is 1. The molecule has 0 spiro atoms. The van der Waals surface area contributed by atoms with Gasteiger partial charge in [-0.25, -0.2) is 4.79 Å². The van der Waals surface area contributed by atoms with Gasteiger partial charge in [0.25, 0.3) is 0 Å². The van der Waals surface area contributed by atoms with Crippen LogP contribution in [0.5, 0.6) is 0 Å². The maximum atomic E-state index is 12.7. The molecule has 2 amide bonds. The van der Waals surface area contributed by atoms with Gasteiger partial charge in [0.15, 0.2) is 0 Å². The van der Waals surface area contributed by atoms with Crippen LogP contribution < -0.4 is 5.32 Å². The number of carbonyl (C=O) groups is 3. The number of anilines is 1. The molecule has 0 bridgehead atoms. The first-order valence-corrected chi connectivity index (χ1v) is 9.21. The quantitative estimate of drug-likeness (QED) is 0.767. The van der Waals surface area contributed by atoms with Crippen molar-refractivity contribution in [3.05, 3.63) is 47.2 Å². The molecule has 2 atom stereocenters. The second kappa shape index (κ2) is 8.24. The molecule has 148 valence electrons. The predicted octanol–water partition coefficient (Wildman–Crippen LogP) is 2.71. The minimum Gasteiger partial charge on any atom is -0.462 e. The zero-order chi connectivity index (χ0) is 20.3. The van der Waals surface area contributed by atoms with E-state index < -0.39 is 17.8 Å². The van der Waals surface area contributed by atoms with Gasteiger partial charge in [-0.05, 0) is 26.3 Å². The van der Waals surface area contributed by atoms with Crippen molar-refractivity contribution in [3.8, 4) is 0 Å². The average molecular weight is 385 g/mol. The van der Waals surface area contributed by atoms with Gasteiger partial charge in [-0.1, -0.05) is 35.5 Å². The summed E-state index contributed by atoms with van der Waals surface area (Å²) in [5.74, 6) is -1.69. The molecule has 0 saturated carbocycles. The van der Waals surface area contributed by atoms with Crippen LogP contribution in [0.4, 0.5) is 5.88 Å². The highest BCUT2D eigenvalue weighted by Crippen LogP contribution is 2.29. The lowest BCUT2D eigenvalue weighted by Crippen LogP contribution is -2.30. The Morgan fingerprint density at radius 3 is 2.75 bits per heavy atom. The first-order valence-electron chi connectivity index (χ1n) is 9.21. The predicted molar refractivity (Wildman–Crippen MR) is 101 cm³/mol. The fourth-order valence-electron chi connectivity index (χ4n) is 3.31. The maximum absolute atomic E-state index is 12.7. The van der Waals surface area contributed by atoms with Gasteiger partial charge in [0.2, 0.25) is 17.7 Å². The second-order valence-corrected chi connectivity index (χ2v) is 6.72. The van der Waals surface area contributed by atoms with E-state index in [1.54, 1.807) is 18.7 Å². The van der Waals surface area contributed by atoms with E-state index in [0.29, 0.717) is 12.2 Å². The van der Waals surface area contributed by atoms with Gasteiger partial charge < -0.3 is 14.2 Å². The number of amides is 2. The van der Waals surface area contributed by atoms with Crippen molar-refractivity contribution in [2.75, 3.05) is 18.5 Å². The number of rotatable bonds is 6. The van der Waals surface area contributed by atoms with Gasteiger partial charge in [0, 0.05) is 13.0 Å². The number of carbonyl (C=O) groups excluding carboxylic acids is 3. The summed E-state index contributed by atoms with van der Waals surface area (Å²) >= 11 is 0. The first kappa shape index (κ1) is 19.6. The molecule has 0 radical (unpaired) electrons. The van der Waals surface area contributed by atoms with Gasteiger partial charge in [-0.2, -0.15) is 0 Å². The van der Waals surface area contributed by atoms with E-state index in [1.165, 1.54) is 0 Å². The maximum Gasteiger partial charge on any atom is 0.345 e. The number of aromatic nitrogens is 1. The zero-order valence-corrected chi connectivity index (χ0v) is 16.1. The molecule has 8 heteroatoms. The highest BCUT2D eigenvalue weighted by Gasteiger charge is 2.38. The normalized spacial score (nSPS) is 17.5. The smallest absolute Gasteiger partial charge is 0.345 e. The monoisotopic (exact) mass is 385 g/mol. The Hall–Kier alpha value is -3.16. The largest absolute Gasteiger partial charge is 0.462 e. The Kier molecular flexibility index (Phi) is 5.77. The highest BCUT2D eigenvalue weighted by atomic mass is 16.5. The number of likely N-dealkylation sites (tertiary alicyclic amines) is 1. The molecule has 2 heterocycles. The SMILES string of the molecule is CCOC(=O)c1c(C)noc1NC(=O)C1CC(=O)N(C(C)c2ccccc2)C1. The van der Waals surface area contributed by atoms with E-state index in [1.807, 2.05) is 37.3 Å². The number of hydrogen-bond acceptors (Lipinski definition) is 6. The Morgan fingerprint density at radius 2 is 2.07 bits per heavy atom. The lowest BCUT2D eigenvalue weighted by Gasteiger charge is -2.25. The summed E-state index contributed by atoms with van der Waals surface area (Å²) in [6, 6.07) is 9.52. The van der Waals surface area contributed by atoms with Gasteiger partial charge in [-0.3, -0.25) is 14.9 Å². The van der Waals surface area contributed by atoms with Crippen LogP contribution >= 0.6 is 0 Å². The van der Waals surface area contributed by atoms with E-state index >= 15 is 0 Å². The molecule has 1 saturated heterocycles. The summed E-state index contributed by atoms with van der Waals surface area (Å²) < 4.78 is 10.1. The third kappa shape index (κ3) is 3.90. The Morgan fingerprint density at radius 1 is 1.36 bits per heavy atom. The zero-order valence-electron chi connectivity index (χ0n) is 16.1. The summed E-state index contributed by atoms with van der Waals surface area (Å²) in [6.45, 7) is 5.70. The van der Waals surface area contributed by atoms with E-state index in [0.717, 1.165) is 5.56 Å². The molecule has 2 unspecified atom stereocenters. The molecular formula is C20H23N3O5. The van der Waals surface area contributed by atoms with E-state index in [4.69, 9.17) is 9.26 Å². The van der Waals surface area contributed by atoms with E-state index in [2.05, 4.69) is 10.5 Å². The molecular weight excluding hydrogens is 362 g/mol. The topological polar surface area (TPSA) is 102 Å². The molecule has 3 rings (SSSR count). The molecule has 1 aliphatic heterocycles. The lowest BCUT2D eigenvalue weighted by atomic mass is 10.1. The van der Waals surface area contributed by atoms with Crippen LogP contribution in [-0.2, 0) is 14.3 Å². The molecule has 28 heavy (non-hydrogen) atoms. The van der Waals surface area contributed by atoms with Crippen molar-refractivity contribution in [2.45, 2.75) is 33.2 Å².